The van der Waals surface area contributed by atoms with Crippen molar-refractivity contribution in [2.75, 3.05) is 23.3 Å². The van der Waals surface area contributed by atoms with Crippen molar-refractivity contribution in [3.63, 3.8) is 0 Å². The first-order valence-corrected chi connectivity index (χ1v) is 10.2. The average Bonchev–Trinajstić information content (AvgIpc) is 3.35. The largest absolute Gasteiger partial charge is 0.336 e. The van der Waals surface area contributed by atoms with E-state index in [-0.39, 0.29) is 11.9 Å². The molecule has 4 rings (SSSR count). The number of rotatable bonds is 4. The van der Waals surface area contributed by atoms with Crippen LogP contribution in [0.1, 0.15) is 20.1 Å². The molecule has 0 bridgehead atoms. The van der Waals surface area contributed by atoms with Crippen LogP contribution in [0.15, 0.2) is 36.4 Å². The Morgan fingerprint density at radius 3 is 2.56 bits per heavy atom. The van der Waals surface area contributed by atoms with Gasteiger partial charge in [0.05, 0.1) is 10.6 Å². The smallest absolute Gasteiger partial charge is 0.321 e. The van der Waals surface area contributed by atoms with Crippen molar-refractivity contribution in [2.45, 2.75) is 13.8 Å². The summed E-state index contributed by atoms with van der Waals surface area (Å²) in [5, 5.41) is 6.22. The van der Waals surface area contributed by atoms with Crippen molar-refractivity contribution in [3.05, 3.63) is 51.7 Å². The van der Waals surface area contributed by atoms with Crippen molar-refractivity contribution < 1.29 is 9.59 Å². The number of amides is 3. The molecule has 3 heterocycles. The molecule has 138 valence electrons. The predicted molar refractivity (Wildman–Crippen MR) is 110 cm³/mol. The van der Waals surface area contributed by atoms with Crippen LogP contribution in [-0.4, -0.2) is 30.0 Å². The quantitative estimate of drug-likeness (QED) is 0.689. The summed E-state index contributed by atoms with van der Waals surface area (Å²) in [6, 6.07) is 11.0. The number of benzene rings is 1. The number of carbonyl (C=O) groups is 2. The van der Waals surface area contributed by atoms with Gasteiger partial charge in [0.15, 0.2) is 5.13 Å². The first-order chi connectivity index (χ1) is 13.0. The molecule has 0 aliphatic carbocycles. The number of anilines is 2. The number of urea groups is 1. The lowest BCUT2D eigenvalue weighted by Crippen LogP contribution is -2.27. The van der Waals surface area contributed by atoms with Crippen LogP contribution in [0.3, 0.4) is 0 Å². The number of thiazole rings is 1. The molecule has 2 N–H and O–H groups in total. The number of thiophene rings is 1. The fourth-order valence-corrected chi connectivity index (χ4v) is 4.72. The van der Waals surface area contributed by atoms with Gasteiger partial charge in [-0.1, -0.05) is 0 Å². The standard InChI is InChI=1S/C19H18N4O2S2/c1-11-3-8-15(26-11)16-12(2)27-18(21-16)22-17(24)13-4-6-14(7-5-13)23-10-9-20-19(23)25/h3-8H,9-10H2,1-2H3,(H,20,25)(H,21,22,24). The third-order valence-corrected chi connectivity index (χ3v) is 6.18. The zero-order valence-electron chi connectivity index (χ0n) is 14.9. The topological polar surface area (TPSA) is 74.3 Å². The molecule has 1 aliphatic rings. The maximum absolute atomic E-state index is 12.5. The van der Waals surface area contributed by atoms with E-state index in [9.17, 15) is 9.59 Å². The lowest BCUT2D eigenvalue weighted by Gasteiger charge is -2.14. The number of nitrogens with zero attached hydrogens (tertiary/aromatic N) is 2. The van der Waals surface area contributed by atoms with Crippen molar-refractivity contribution in [2.24, 2.45) is 0 Å². The Hall–Kier alpha value is -2.71. The molecule has 0 spiro atoms. The molecule has 6 nitrogen and oxygen atoms in total. The van der Waals surface area contributed by atoms with Crippen molar-refractivity contribution >= 4 is 45.4 Å². The minimum Gasteiger partial charge on any atom is -0.336 e. The minimum absolute atomic E-state index is 0.109. The van der Waals surface area contributed by atoms with Crippen LogP contribution in [0.2, 0.25) is 0 Å². The fourth-order valence-electron chi connectivity index (χ4n) is 2.92. The van der Waals surface area contributed by atoms with E-state index in [0.29, 0.717) is 23.8 Å². The van der Waals surface area contributed by atoms with Crippen LogP contribution >= 0.6 is 22.7 Å². The van der Waals surface area contributed by atoms with Gasteiger partial charge in [0, 0.05) is 34.1 Å². The molecule has 0 saturated carbocycles. The third-order valence-electron chi connectivity index (χ3n) is 4.29. The molecule has 1 aromatic carbocycles. The van der Waals surface area contributed by atoms with E-state index in [0.717, 1.165) is 21.1 Å². The number of aromatic nitrogens is 1. The van der Waals surface area contributed by atoms with Gasteiger partial charge in [-0.2, -0.15) is 0 Å². The molecule has 3 amide bonds. The molecule has 1 aliphatic heterocycles. The summed E-state index contributed by atoms with van der Waals surface area (Å²) in [4.78, 5) is 33.9. The molecule has 0 radical (unpaired) electrons. The highest BCUT2D eigenvalue weighted by atomic mass is 32.1. The van der Waals surface area contributed by atoms with Gasteiger partial charge >= 0.3 is 6.03 Å². The molecule has 8 heteroatoms. The average molecular weight is 399 g/mol. The maximum Gasteiger partial charge on any atom is 0.321 e. The van der Waals surface area contributed by atoms with Gasteiger partial charge in [-0.15, -0.1) is 22.7 Å². The van der Waals surface area contributed by atoms with Gasteiger partial charge in [-0.25, -0.2) is 9.78 Å². The van der Waals surface area contributed by atoms with Gasteiger partial charge < -0.3 is 5.32 Å². The highest BCUT2D eigenvalue weighted by molar-refractivity contribution is 7.18. The lowest BCUT2D eigenvalue weighted by molar-refractivity contribution is 0.102. The van der Waals surface area contributed by atoms with Crippen LogP contribution in [0.5, 0.6) is 0 Å². The summed E-state index contributed by atoms with van der Waals surface area (Å²) in [5.41, 5.74) is 2.23. The van der Waals surface area contributed by atoms with E-state index < -0.39 is 0 Å². The zero-order valence-corrected chi connectivity index (χ0v) is 16.5. The number of hydrogen-bond donors (Lipinski definition) is 2. The highest BCUT2D eigenvalue weighted by Crippen LogP contribution is 2.34. The van der Waals surface area contributed by atoms with Crippen molar-refractivity contribution in [3.8, 4) is 10.6 Å². The van der Waals surface area contributed by atoms with E-state index >= 15 is 0 Å². The number of nitrogens with one attached hydrogen (secondary N) is 2. The Morgan fingerprint density at radius 1 is 1.15 bits per heavy atom. The summed E-state index contributed by atoms with van der Waals surface area (Å²) in [6.45, 7) is 5.34. The second kappa shape index (κ2) is 7.13. The summed E-state index contributed by atoms with van der Waals surface area (Å²) >= 11 is 3.16. The fraction of sp³-hybridized carbons (Fsp3) is 0.211. The van der Waals surface area contributed by atoms with Gasteiger partial charge in [0.2, 0.25) is 0 Å². The van der Waals surface area contributed by atoms with E-state index in [1.165, 1.54) is 16.2 Å². The molecule has 2 aromatic heterocycles. The minimum atomic E-state index is -0.213. The Labute approximate surface area is 164 Å². The summed E-state index contributed by atoms with van der Waals surface area (Å²) in [7, 11) is 0. The Kier molecular flexibility index (Phi) is 4.67. The molecule has 3 aromatic rings. The van der Waals surface area contributed by atoms with E-state index in [4.69, 9.17) is 0 Å². The van der Waals surface area contributed by atoms with Gasteiger partial charge in [-0.05, 0) is 50.2 Å². The lowest BCUT2D eigenvalue weighted by atomic mass is 10.2. The van der Waals surface area contributed by atoms with Crippen molar-refractivity contribution in [1.82, 2.24) is 10.3 Å². The SMILES string of the molecule is Cc1ccc(-c2nc(NC(=O)c3ccc(N4CCNC4=O)cc3)sc2C)s1. The Morgan fingerprint density at radius 2 is 1.93 bits per heavy atom. The molecule has 27 heavy (non-hydrogen) atoms. The van der Waals surface area contributed by atoms with Crippen molar-refractivity contribution in [1.29, 1.82) is 0 Å². The summed E-state index contributed by atoms with van der Waals surface area (Å²) in [5.74, 6) is -0.213. The van der Waals surface area contributed by atoms with Crippen LogP contribution in [0.25, 0.3) is 10.6 Å². The first-order valence-electron chi connectivity index (χ1n) is 8.52. The van der Waals surface area contributed by atoms with Crippen LogP contribution in [0.4, 0.5) is 15.6 Å². The monoisotopic (exact) mass is 398 g/mol. The zero-order chi connectivity index (χ0) is 19.0. The number of carbonyl (C=O) groups excluding carboxylic acids is 2. The number of hydrogen-bond acceptors (Lipinski definition) is 5. The van der Waals surface area contributed by atoms with Crippen LogP contribution < -0.4 is 15.5 Å². The number of aryl methyl sites for hydroxylation is 2. The van der Waals surface area contributed by atoms with E-state index in [1.54, 1.807) is 40.5 Å². The second-order valence-electron chi connectivity index (χ2n) is 6.22. The second-order valence-corrected chi connectivity index (χ2v) is 8.71. The van der Waals surface area contributed by atoms with Gasteiger partial charge in [-0.3, -0.25) is 15.0 Å². The molecule has 1 saturated heterocycles. The maximum atomic E-state index is 12.5. The molecular formula is C19H18N4O2S2. The third kappa shape index (κ3) is 3.58. The molecule has 1 fully saturated rings. The van der Waals surface area contributed by atoms with E-state index in [2.05, 4.69) is 34.7 Å². The van der Waals surface area contributed by atoms with Gasteiger partial charge in [0.25, 0.3) is 5.91 Å². The van der Waals surface area contributed by atoms with Crippen LogP contribution in [-0.2, 0) is 0 Å². The normalized spacial score (nSPS) is 13.7. The highest BCUT2D eigenvalue weighted by Gasteiger charge is 2.21. The summed E-state index contributed by atoms with van der Waals surface area (Å²) in [6.07, 6.45) is 0. The molecule has 0 unspecified atom stereocenters. The van der Waals surface area contributed by atoms with Crippen LogP contribution in [0, 0.1) is 13.8 Å². The predicted octanol–water partition coefficient (Wildman–Crippen LogP) is 4.27. The summed E-state index contributed by atoms with van der Waals surface area (Å²) < 4.78 is 0. The molecule has 0 atom stereocenters. The van der Waals surface area contributed by atoms with Gasteiger partial charge in [0.1, 0.15) is 0 Å². The Bertz CT molecular complexity index is 1010. The first kappa shape index (κ1) is 17.7. The van der Waals surface area contributed by atoms with E-state index in [1.807, 2.05) is 6.92 Å². The molecular weight excluding hydrogens is 380 g/mol. The Balaban J connectivity index is 1.48.